The number of hydrogen-bond acceptors (Lipinski definition) is 3. The molecule has 2 rings (SSSR count). The Morgan fingerprint density at radius 1 is 0.789 bits per heavy atom. The maximum absolute atomic E-state index is 11.6. The van der Waals surface area contributed by atoms with Gasteiger partial charge in [0.25, 0.3) is 0 Å². The number of aromatic hydroxyl groups is 1. The molecule has 5 nitrogen and oxygen atoms in total. The summed E-state index contributed by atoms with van der Waals surface area (Å²) >= 11 is 0. The molecule has 5 heteroatoms. The third-order valence-electron chi connectivity index (χ3n) is 2.34. The van der Waals surface area contributed by atoms with Gasteiger partial charge in [-0.1, -0.05) is 24.3 Å². The van der Waals surface area contributed by atoms with Gasteiger partial charge in [0, 0.05) is 17.4 Å². The summed E-state index contributed by atoms with van der Waals surface area (Å²) in [6, 6.07) is 14.6. The second-order valence-corrected chi connectivity index (χ2v) is 3.82. The third-order valence-corrected chi connectivity index (χ3v) is 2.34. The number of phenolic OH excluding ortho intramolecular Hbond substituents is 1. The molecule has 0 aliphatic rings. The number of carbonyl (C=O) groups excluding carboxylic acids is 2. The van der Waals surface area contributed by atoms with Crippen molar-refractivity contribution in [3.05, 3.63) is 54.6 Å². The molecule has 0 fully saturated rings. The van der Waals surface area contributed by atoms with Crippen LogP contribution in [-0.4, -0.2) is 16.9 Å². The molecule has 0 atom stereocenters. The highest BCUT2D eigenvalue weighted by molar-refractivity contribution is 6.43. The lowest BCUT2D eigenvalue weighted by molar-refractivity contribution is -0.132. The molecule has 0 aromatic heterocycles. The Labute approximate surface area is 109 Å². The van der Waals surface area contributed by atoms with Crippen molar-refractivity contribution in [2.24, 2.45) is 0 Å². The minimum atomic E-state index is -0.797. The normalized spacial score (nSPS) is 9.68. The van der Waals surface area contributed by atoms with Crippen molar-refractivity contribution in [2.75, 3.05) is 10.6 Å². The topological polar surface area (TPSA) is 78.4 Å². The summed E-state index contributed by atoms with van der Waals surface area (Å²) in [4.78, 5) is 23.2. The number of rotatable bonds is 2. The first-order valence-electron chi connectivity index (χ1n) is 5.61. The molecule has 3 N–H and O–H groups in total. The molecular weight excluding hydrogens is 244 g/mol. The van der Waals surface area contributed by atoms with Crippen LogP contribution in [0.25, 0.3) is 0 Å². The van der Waals surface area contributed by atoms with E-state index in [2.05, 4.69) is 10.6 Å². The molecule has 0 aliphatic heterocycles. The fourth-order valence-corrected chi connectivity index (χ4v) is 1.48. The molecule has 19 heavy (non-hydrogen) atoms. The fraction of sp³-hybridized carbons (Fsp3) is 0. The Kier molecular flexibility index (Phi) is 3.78. The molecule has 0 spiro atoms. The lowest BCUT2D eigenvalue weighted by Crippen LogP contribution is -2.28. The molecule has 0 unspecified atom stereocenters. The number of amides is 2. The second-order valence-electron chi connectivity index (χ2n) is 3.82. The van der Waals surface area contributed by atoms with E-state index in [-0.39, 0.29) is 5.75 Å². The van der Waals surface area contributed by atoms with Crippen molar-refractivity contribution in [1.82, 2.24) is 0 Å². The first-order chi connectivity index (χ1) is 9.15. The number of anilines is 2. The van der Waals surface area contributed by atoms with Crippen LogP contribution in [0.5, 0.6) is 5.75 Å². The van der Waals surface area contributed by atoms with Crippen LogP contribution in [-0.2, 0) is 9.59 Å². The molecule has 2 aromatic rings. The summed E-state index contributed by atoms with van der Waals surface area (Å²) in [5, 5.41) is 14.1. The van der Waals surface area contributed by atoms with Crippen LogP contribution >= 0.6 is 0 Å². The van der Waals surface area contributed by atoms with Gasteiger partial charge >= 0.3 is 11.8 Å². The highest BCUT2D eigenvalue weighted by Crippen LogP contribution is 2.15. The number of phenols is 1. The van der Waals surface area contributed by atoms with Crippen molar-refractivity contribution in [3.8, 4) is 5.75 Å². The van der Waals surface area contributed by atoms with Gasteiger partial charge < -0.3 is 15.7 Å². The van der Waals surface area contributed by atoms with Crippen LogP contribution in [0.3, 0.4) is 0 Å². The van der Waals surface area contributed by atoms with Gasteiger partial charge in [0.05, 0.1) is 0 Å². The summed E-state index contributed by atoms with van der Waals surface area (Å²) < 4.78 is 0. The molecule has 0 aliphatic carbocycles. The smallest absolute Gasteiger partial charge is 0.314 e. The highest BCUT2D eigenvalue weighted by atomic mass is 16.3. The van der Waals surface area contributed by atoms with Gasteiger partial charge in [0.2, 0.25) is 0 Å². The highest BCUT2D eigenvalue weighted by Gasteiger charge is 2.13. The van der Waals surface area contributed by atoms with Gasteiger partial charge in [-0.3, -0.25) is 9.59 Å². The Morgan fingerprint density at radius 2 is 1.37 bits per heavy atom. The second kappa shape index (κ2) is 5.68. The maximum atomic E-state index is 11.6. The Hall–Kier alpha value is -2.82. The Balaban J connectivity index is 1.98. The first kappa shape index (κ1) is 12.6. The Morgan fingerprint density at radius 3 is 2.00 bits per heavy atom. The molecule has 0 heterocycles. The zero-order valence-electron chi connectivity index (χ0n) is 9.96. The van der Waals surface area contributed by atoms with Crippen LogP contribution in [0.1, 0.15) is 0 Å². The quantitative estimate of drug-likeness (QED) is 0.719. The number of carbonyl (C=O) groups is 2. The molecular formula is C14H12N2O3. The Bertz CT molecular complexity index is 597. The van der Waals surface area contributed by atoms with Gasteiger partial charge in [-0.05, 0) is 24.3 Å². The number of hydrogen-bond donors (Lipinski definition) is 3. The van der Waals surface area contributed by atoms with E-state index in [1.165, 1.54) is 12.1 Å². The lowest BCUT2D eigenvalue weighted by atomic mass is 10.3. The first-order valence-corrected chi connectivity index (χ1v) is 5.61. The molecule has 96 valence electrons. The van der Waals surface area contributed by atoms with E-state index in [1.54, 1.807) is 36.4 Å². The average molecular weight is 256 g/mol. The molecule has 0 bridgehead atoms. The zero-order chi connectivity index (χ0) is 13.7. The summed E-state index contributed by atoms with van der Waals surface area (Å²) in [5.74, 6) is -1.55. The monoisotopic (exact) mass is 256 g/mol. The zero-order valence-corrected chi connectivity index (χ0v) is 9.96. The minimum Gasteiger partial charge on any atom is -0.508 e. The summed E-state index contributed by atoms with van der Waals surface area (Å²) in [7, 11) is 0. The molecule has 0 saturated carbocycles. The van der Waals surface area contributed by atoms with E-state index in [0.717, 1.165) is 0 Å². The fourth-order valence-electron chi connectivity index (χ4n) is 1.48. The SMILES string of the molecule is O=C(Nc1ccccc1)C(=O)Nc1cccc(O)c1. The van der Waals surface area contributed by atoms with Crippen LogP contribution in [0.2, 0.25) is 0 Å². The van der Waals surface area contributed by atoms with Crippen LogP contribution < -0.4 is 10.6 Å². The van der Waals surface area contributed by atoms with Crippen molar-refractivity contribution in [2.45, 2.75) is 0 Å². The summed E-state index contributed by atoms with van der Waals surface area (Å²) in [6.45, 7) is 0. The van der Waals surface area contributed by atoms with E-state index < -0.39 is 11.8 Å². The molecule has 2 amide bonds. The number of para-hydroxylation sites is 1. The third kappa shape index (κ3) is 3.57. The van der Waals surface area contributed by atoms with E-state index in [1.807, 2.05) is 6.07 Å². The van der Waals surface area contributed by atoms with E-state index in [4.69, 9.17) is 0 Å². The van der Waals surface area contributed by atoms with Crippen molar-refractivity contribution >= 4 is 23.2 Å². The van der Waals surface area contributed by atoms with E-state index >= 15 is 0 Å². The van der Waals surface area contributed by atoms with Crippen LogP contribution in [0.15, 0.2) is 54.6 Å². The average Bonchev–Trinajstić information content (AvgIpc) is 2.40. The summed E-state index contributed by atoms with van der Waals surface area (Å²) in [6.07, 6.45) is 0. The van der Waals surface area contributed by atoms with Gasteiger partial charge in [-0.25, -0.2) is 0 Å². The van der Waals surface area contributed by atoms with Gasteiger partial charge in [-0.15, -0.1) is 0 Å². The number of benzene rings is 2. The van der Waals surface area contributed by atoms with Crippen LogP contribution in [0, 0.1) is 0 Å². The van der Waals surface area contributed by atoms with Crippen LogP contribution in [0.4, 0.5) is 11.4 Å². The van der Waals surface area contributed by atoms with E-state index in [9.17, 15) is 14.7 Å². The standard InChI is InChI=1S/C14H12N2O3/c17-12-8-4-7-11(9-12)16-14(19)13(18)15-10-5-2-1-3-6-10/h1-9,17H,(H,15,18)(H,16,19). The molecule has 0 radical (unpaired) electrons. The summed E-state index contributed by atoms with van der Waals surface area (Å²) in [5.41, 5.74) is 0.895. The largest absolute Gasteiger partial charge is 0.508 e. The van der Waals surface area contributed by atoms with Crippen molar-refractivity contribution in [3.63, 3.8) is 0 Å². The van der Waals surface area contributed by atoms with Gasteiger partial charge in [-0.2, -0.15) is 0 Å². The van der Waals surface area contributed by atoms with E-state index in [0.29, 0.717) is 11.4 Å². The predicted molar refractivity (Wildman–Crippen MR) is 71.8 cm³/mol. The minimum absolute atomic E-state index is 0.0151. The molecule has 2 aromatic carbocycles. The lowest BCUT2D eigenvalue weighted by Gasteiger charge is -2.06. The number of nitrogens with one attached hydrogen (secondary N) is 2. The predicted octanol–water partition coefficient (Wildman–Crippen LogP) is 1.97. The van der Waals surface area contributed by atoms with Gasteiger partial charge in [0.15, 0.2) is 0 Å². The van der Waals surface area contributed by atoms with Gasteiger partial charge in [0.1, 0.15) is 5.75 Å². The molecule has 0 saturated heterocycles. The maximum Gasteiger partial charge on any atom is 0.314 e. The van der Waals surface area contributed by atoms with Crippen molar-refractivity contribution < 1.29 is 14.7 Å². The van der Waals surface area contributed by atoms with Crippen molar-refractivity contribution in [1.29, 1.82) is 0 Å².